The molecule has 0 fully saturated rings. The SMILES string of the molecule is CCC(O)c1cn(Cc2csc(N)n2)nn1. The molecule has 2 aromatic heterocycles. The van der Waals surface area contributed by atoms with Crippen molar-refractivity contribution in [2.75, 3.05) is 5.73 Å². The Kier molecular flexibility index (Phi) is 3.16. The molecule has 16 heavy (non-hydrogen) atoms. The maximum Gasteiger partial charge on any atom is 0.180 e. The van der Waals surface area contributed by atoms with E-state index in [-0.39, 0.29) is 0 Å². The summed E-state index contributed by atoms with van der Waals surface area (Å²) >= 11 is 1.40. The summed E-state index contributed by atoms with van der Waals surface area (Å²) in [6, 6.07) is 0. The van der Waals surface area contributed by atoms with Gasteiger partial charge in [0.1, 0.15) is 5.69 Å². The first-order valence-electron chi connectivity index (χ1n) is 4.97. The molecule has 0 spiro atoms. The number of nitrogen functional groups attached to an aromatic ring is 1. The lowest BCUT2D eigenvalue weighted by Gasteiger charge is -2.00. The highest BCUT2D eigenvalue weighted by Gasteiger charge is 2.10. The zero-order valence-corrected chi connectivity index (χ0v) is 9.68. The third-order valence-electron chi connectivity index (χ3n) is 2.18. The van der Waals surface area contributed by atoms with Crippen LogP contribution in [-0.4, -0.2) is 25.1 Å². The third-order valence-corrected chi connectivity index (χ3v) is 2.90. The van der Waals surface area contributed by atoms with Crippen LogP contribution in [0.4, 0.5) is 5.13 Å². The number of nitrogens with two attached hydrogens (primary N) is 1. The average Bonchev–Trinajstić information content (AvgIpc) is 2.87. The van der Waals surface area contributed by atoms with Gasteiger partial charge in [-0.05, 0) is 6.42 Å². The molecule has 1 unspecified atom stereocenters. The van der Waals surface area contributed by atoms with E-state index in [1.165, 1.54) is 11.3 Å². The highest BCUT2D eigenvalue weighted by Crippen LogP contribution is 2.14. The summed E-state index contributed by atoms with van der Waals surface area (Å²) in [6.45, 7) is 2.42. The van der Waals surface area contributed by atoms with Crippen molar-refractivity contribution in [3.8, 4) is 0 Å². The minimum Gasteiger partial charge on any atom is -0.387 e. The van der Waals surface area contributed by atoms with Crippen molar-refractivity contribution in [3.63, 3.8) is 0 Å². The normalized spacial score (nSPS) is 12.9. The molecule has 1 atom stereocenters. The Morgan fingerprint density at radius 1 is 1.62 bits per heavy atom. The summed E-state index contributed by atoms with van der Waals surface area (Å²) in [7, 11) is 0. The summed E-state index contributed by atoms with van der Waals surface area (Å²) in [4.78, 5) is 4.13. The molecule has 0 aliphatic rings. The number of aliphatic hydroxyl groups excluding tert-OH is 1. The second-order valence-corrected chi connectivity index (χ2v) is 4.33. The Labute approximate surface area is 96.7 Å². The maximum absolute atomic E-state index is 9.56. The molecule has 0 aromatic carbocycles. The second-order valence-electron chi connectivity index (χ2n) is 3.44. The van der Waals surface area contributed by atoms with Gasteiger partial charge in [0, 0.05) is 5.38 Å². The van der Waals surface area contributed by atoms with Crippen LogP contribution in [0.15, 0.2) is 11.6 Å². The number of hydrogen-bond acceptors (Lipinski definition) is 6. The first-order chi connectivity index (χ1) is 7.69. The number of thiazole rings is 1. The molecule has 3 N–H and O–H groups in total. The highest BCUT2D eigenvalue weighted by molar-refractivity contribution is 7.13. The molecule has 6 nitrogen and oxygen atoms in total. The second kappa shape index (κ2) is 4.58. The van der Waals surface area contributed by atoms with Crippen LogP contribution in [0, 0.1) is 0 Å². The van der Waals surface area contributed by atoms with Crippen LogP contribution >= 0.6 is 11.3 Å². The van der Waals surface area contributed by atoms with Crippen LogP contribution in [0.5, 0.6) is 0 Å². The molecule has 7 heteroatoms. The molecule has 0 amide bonds. The Morgan fingerprint density at radius 3 is 3.06 bits per heavy atom. The van der Waals surface area contributed by atoms with E-state index in [0.717, 1.165) is 5.69 Å². The smallest absolute Gasteiger partial charge is 0.180 e. The molecule has 2 heterocycles. The standard InChI is InChI=1S/C9H13N5OS/c1-2-8(15)7-4-14(13-12-7)3-6-5-16-9(10)11-6/h4-5,8,15H,2-3H2,1H3,(H2,10,11). The number of nitrogens with zero attached hydrogens (tertiary/aromatic N) is 4. The lowest BCUT2D eigenvalue weighted by Crippen LogP contribution is -2.01. The van der Waals surface area contributed by atoms with Gasteiger partial charge in [0.25, 0.3) is 0 Å². The molecule has 0 saturated carbocycles. The fourth-order valence-electron chi connectivity index (χ4n) is 1.31. The van der Waals surface area contributed by atoms with Crippen LogP contribution in [-0.2, 0) is 6.54 Å². The van der Waals surface area contributed by atoms with E-state index >= 15 is 0 Å². The molecule has 0 radical (unpaired) electrons. The first kappa shape index (κ1) is 11.0. The van der Waals surface area contributed by atoms with Crippen LogP contribution in [0.1, 0.15) is 30.8 Å². The summed E-state index contributed by atoms with van der Waals surface area (Å²) in [5.74, 6) is 0. The van der Waals surface area contributed by atoms with Crippen molar-refractivity contribution < 1.29 is 5.11 Å². The predicted octanol–water partition coefficient (Wildman–Crippen LogP) is 0.809. The van der Waals surface area contributed by atoms with E-state index < -0.39 is 6.10 Å². The van der Waals surface area contributed by atoms with Crippen molar-refractivity contribution in [1.82, 2.24) is 20.0 Å². The Morgan fingerprint density at radius 2 is 2.44 bits per heavy atom. The van der Waals surface area contributed by atoms with Crippen molar-refractivity contribution in [2.45, 2.75) is 26.0 Å². The van der Waals surface area contributed by atoms with Gasteiger partial charge in [0.15, 0.2) is 5.13 Å². The van der Waals surface area contributed by atoms with Crippen molar-refractivity contribution >= 4 is 16.5 Å². The number of aliphatic hydroxyl groups is 1. The van der Waals surface area contributed by atoms with Gasteiger partial charge in [-0.3, -0.25) is 0 Å². The predicted molar refractivity (Wildman–Crippen MR) is 60.9 cm³/mol. The Hall–Kier alpha value is -1.47. The first-order valence-corrected chi connectivity index (χ1v) is 5.85. The van der Waals surface area contributed by atoms with Crippen LogP contribution in [0.3, 0.4) is 0 Å². The van der Waals surface area contributed by atoms with Gasteiger partial charge in [-0.15, -0.1) is 16.4 Å². The van der Waals surface area contributed by atoms with Crippen molar-refractivity contribution in [2.24, 2.45) is 0 Å². The van der Waals surface area contributed by atoms with E-state index in [1.54, 1.807) is 10.9 Å². The molecule has 0 aliphatic heterocycles. The van der Waals surface area contributed by atoms with E-state index in [1.807, 2.05) is 12.3 Å². The summed E-state index contributed by atoms with van der Waals surface area (Å²) in [5.41, 5.74) is 6.97. The Balaban J connectivity index is 2.08. The fraction of sp³-hybridized carbons (Fsp3) is 0.444. The molecule has 0 aliphatic carbocycles. The van der Waals surface area contributed by atoms with Gasteiger partial charge < -0.3 is 10.8 Å². The molecule has 86 valence electrons. The number of rotatable bonds is 4. The van der Waals surface area contributed by atoms with Crippen molar-refractivity contribution in [1.29, 1.82) is 0 Å². The molecular formula is C9H13N5OS. The molecule has 0 bridgehead atoms. The van der Waals surface area contributed by atoms with E-state index in [9.17, 15) is 5.11 Å². The Bertz CT molecular complexity index is 466. The summed E-state index contributed by atoms with van der Waals surface area (Å²) < 4.78 is 1.64. The van der Waals surface area contributed by atoms with E-state index in [4.69, 9.17) is 5.73 Å². The largest absolute Gasteiger partial charge is 0.387 e. The molecule has 2 rings (SSSR count). The van der Waals surface area contributed by atoms with Gasteiger partial charge in [-0.25, -0.2) is 9.67 Å². The monoisotopic (exact) mass is 239 g/mol. The minimum absolute atomic E-state index is 0.525. The quantitative estimate of drug-likeness (QED) is 0.824. The summed E-state index contributed by atoms with van der Waals surface area (Å²) in [6.07, 6.45) is 1.81. The van der Waals surface area contributed by atoms with Crippen LogP contribution in [0.2, 0.25) is 0 Å². The molecule has 2 aromatic rings. The average molecular weight is 239 g/mol. The zero-order valence-electron chi connectivity index (χ0n) is 8.87. The lowest BCUT2D eigenvalue weighted by molar-refractivity contribution is 0.168. The van der Waals surface area contributed by atoms with Gasteiger partial charge in [0.2, 0.25) is 0 Å². The number of hydrogen-bond donors (Lipinski definition) is 2. The lowest BCUT2D eigenvalue weighted by atomic mass is 10.2. The van der Waals surface area contributed by atoms with Gasteiger partial charge in [0.05, 0.1) is 24.5 Å². The zero-order chi connectivity index (χ0) is 11.5. The molecule has 0 saturated heterocycles. The van der Waals surface area contributed by atoms with Crippen molar-refractivity contribution in [3.05, 3.63) is 23.0 Å². The summed E-state index contributed by atoms with van der Waals surface area (Å²) in [5, 5.41) is 19.8. The fourth-order valence-corrected chi connectivity index (χ4v) is 1.87. The number of anilines is 1. The van der Waals surface area contributed by atoms with Gasteiger partial charge in [-0.2, -0.15) is 0 Å². The minimum atomic E-state index is -0.547. The van der Waals surface area contributed by atoms with E-state index in [2.05, 4.69) is 15.3 Å². The van der Waals surface area contributed by atoms with Gasteiger partial charge >= 0.3 is 0 Å². The van der Waals surface area contributed by atoms with Gasteiger partial charge in [-0.1, -0.05) is 12.1 Å². The molecular weight excluding hydrogens is 226 g/mol. The van der Waals surface area contributed by atoms with Crippen LogP contribution < -0.4 is 5.73 Å². The number of aromatic nitrogens is 4. The van der Waals surface area contributed by atoms with E-state index in [0.29, 0.717) is 23.8 Å². The van der Waals surface area contributed by atoms with Crippen LogP contribution in [0.25, 0.3) is 0 Å². The third kappa shape index (κ3) is 2.37. The highest BCUT2D eigenvalue weighted by atomic mass is 32.1. The topological polar surface area (TPSA) is 89.8 Å². The maximum atomic E-state index is 9.56.